The molecule has 28 heavy (non-hydrogen) atoms. The zero-order valence-corrected chi connectivity index (χ0v) is 15.0. The number of carbonyl (C=O) groups excluding carboxylic acids is 2. The van der Waals surface area contributed by atoms with Crippen molar-refractivity contribution in [2.24, 2.45) is 0 Å². The zero-order valence-electron chi connectivity index (χ0n) is 15.0. The third-order valence-corrected chi connectivity index (χ3v) is 4.39. The van der Waals surface area contributed by atoms with Crippen LogP contribution in [-0.2, 0) is 11.2 Å². The van der Waals surface area contributed by atoms with Crippen molar-refractivity contribution in [2.45, 2.75) is 6.42 Å². The lowest BCUT2D eigenvalue weighted by Gasteiger charge is -2.18. The molecule has 1 aromatic heterocycles. The number of ketones is 1. The summed E-state index contributed by atoms with van der Waals surface area (Å²) in [6, 6.07) is 18.4. The monoisotopic (exact) mass is 364 g/mol. The summed E-state index contributed by atoms with van der Waals surface area (Å²) in [4.78, 5) is 29.2. The fraction of sp³-hybridized carbons (Fsp3) is 0.0417. The van der Waals surface area contributed by atoms with Crippen LogP contribution in [0.2, 0.25) is 0 Å². The van der Waals surface area contributed by atoms with Gasteiger partial charge in [0, 0.05) is 29.9 Å². The van der Waals surface area contributed by atoms with Crippen molar-refractivity contribution >= 4 is 23.5 Å². The quantitative estimate of drug-likeness (QED) is 0.426. The Morgan fingerprint density at radius 2 is 1.75 bits per heavy atom. The van der Waals surface area contributed by atoms with Crippen LogP contribution in [0.25, 0.3) is 6.08 Å². The van der Waals surface area contributed by atoms with Crippen LogP contribution in [0.5, 0.6) is 0 Å². The molecule has 0 radical (unpaired) electrons. The highest BCUT2D eigenvalue weighted by Gasteiger charge is 2.28. The first-order valence-corrected chi connectivity index (χ1v) is 8.85. The number of carbonyl (C=O) groups is 2. The van der Waals surface area contributed by atoms with Gasteiger partial charge >= 0.3 is 0 Å². The van der Waals surface area contributed by atoms with Crippen LogP contribution in [0.15, 0.2) is 78.6 Å². The molecule has 0 spiro atoms. The molecule has 0 unspecified atom stereocenters. The van der Waals surface area contributed by atoms with Gasteiger partial charge in [-0.05, 0) is 47.5 Å². The standard InChI is InChI=1S/C24H16N2O2/c27-23-20-15-19(8-4-7-17-11-13-25-14-12-17)9-10-22(20)26-24(28)21(23)16-18-5-2-1-3-6-18/h1-3,5-6,9-16H,7H2,(H,26,28)/b21-16-. The average molecular weight is 364 g/mol. The highest BCUT2D eigenvalue weighted by atomic mass is 16.2. The molecule has 2 heterocycles. The minimum atomic E-state index is -0.391. The molecule has 0 fully saturated rings. The molecule has 0 aliphatic carbocycles. The highest BCUT2D eigenvalue weighted by molar-refractivity contribution is 6.36. The van der Waals surface area contributed by atoms with Crippen LogP contribution in [0.1, 0.15) is 27.0 Å². The van der Waals surface area contributed by atoms with Crippen molar-refractivity contribution in [1.82, 2.24) is 4.98 Å². The largest absolute Gasteiger partial charge is 0.321 e. The van der Waals surface area contributed by atoms with Gasteiger partial charge in [0.25, 0.3) is 5.91 Å². The van der Waals surface area contributed by atoms with E-state index in [0.29, 0.717) is 17.7 Å². The Kier molecular flexibility index (Phi) is 4.81. The molecule has 4 heteroatoms. The summed E-state index contributed by atoms with van der Waals surface area (Å²) in [5, 5.41) is 2.79. The third-order valence-electron chi connectivity index (χ3n) is 4.39. The Morgan fingerprint density at radius 1 is 0.964 bits per heavy atom. The maximum absolute atomic E-state index is 12.9. The number of aromatic nitrogens is 1. The van der Waals surface area contributed by atoms with Crippen molar-refractivity contribution in [1.29, 1.82) is 0 Å². The third kappa shape index (κ3) is 3.74. The summed E-state index contributed by atoms with van der Waals surface area (Å²) < 4.78 is 0. The van der Waals surface area contributed by atoms with Crippen molar-refractivity contribution < 1.29 is 9.59 Å². The summed E-state index contributed by atoms with van der Waals surface area (Å²) in [5.74, 6) is 5.51. The van der Waals surface area contributed by atoms with Gasteiger partial charge in [-0.3, -0.25) is 14.6 Å². The van der Waals surface area contributed by atoms with Crippen molar-refractivity contribution in [3.8, 4) is 11.8 Å². The number of hydrogen-bond acceptors (Lipinski definition) is 3. The number of benzene rings is 2. The smallest absolute Gasteiger partial charge is 0.259 e. The highest BCUT2D eigenvalue weighted by Crippen LogP contribution is 2.27. The number of anilines is 1. The van der Waals surface area contributed by atoms with Crippen molar-refractivity contribution in [3.63, 3.8) is 0 Å². The molecule has 4 nitrogen and oxygen atoms in total. The summed E-state index contributed by atoms with van der Waals surface area (Å²) in [7, 11) is 0. The summed E-state index contributed by atoms with van der Waals surface area (Å²) in [5.41, 5.74) is 3.71. The topological polar surface area (TPSA) is 59.1 Å². The van der Waals surface area contributed by atoms with Gasteiger partial charge in [-0.1, -0.05) is 42.2 Å². The van der Waals surface area contributed by atoms with E-state index in [1.165, 1.54) is 0 Å². The number of fused-ring (bicyclic) bond motifs is 1. The van der Waals surface area contributed by atoms with E-state index in [0.717, 1.165) is 16.7 Å². The Labute approximate surface area is 162 Å². The number of nitrogens with one attached hydrogen (secondary N) is 1. The van der Waals surface area contributed by atoms with Crippen molar-refractivity contribution in [3.05, 3.63) is 101 Å². The molecule has 0 atom stereocenters. The van der Waals surface area contributed by atoms with Gasteiger partial charge in [-0.2, -0.15) is 0 Å². The van der Waals surface area contributed by atoms with Gasteiger partial charge in [0.1, 0.15) is 0 Å². The molecule has 134 valence electrons. The van der Waals surface area contributed by atoms with E-state index < -0.39 is 5.91 Å². The normalized spacial score (nSPS) is 14.1. The minimum absolute atomic E-state index is 0.126. The second-order valence-corrected chi connectivity index (χ2v) is 6.35. The van der Waals surface area contributed by atoms with Crippen LogP contribution in [0.3, 0.4) is 0 Å². The van der Waals surface area contributed by atoms with E-state index in [1.807, 2.05) is 42.5 Å². The van der Waals surface area contributed by atoms with Crippen LogP contribution in [-0.4, -0.2) is 16.7 Å². The van der Waals surface area contributed by atoms with E-state index in [1.54, 1.807) is 36.7 Å². The molecule has 1 amide bonds. The van der Waals surface area contributed by atoms with Gasteiger partial charge < -0.3 is 5.32 Å². The second kappa shape index (κ2) is 7.73. The van der Waals surface area contributed by atoms with E-state index in [-0.39, 0.29) is 11.4 Å². The SMILES string of the molecule is O=C1Nc2ccc(C#CCc3ccncc3)cc2C(=O)/C1=C/c1ccccc1. The van der Waals surface area contributed by atoms with Crippen molar-refractivity contribution in [2.75, 3.05) is 5.32 Å². The average Bonchev–Trinajstić information content (AvgIpc) is 2.73. The van der Waals surface area contributed by atoms with Gasteiger partial charge in [-0.25, -0.2) is 0 Å². The molecule has 1 aliphatic rings. The maximum atomic E-state index is 12.9. The van der Waals surface area contributed by atoms with Gasteiger partial charge in [0.05, 0.1) is 11.3 Å². The van der Waals surface area contributed by atoms with E-state index in [9.17, 15) is 9.59 Å². The number of Topliss-reactive ketones (excluding diaryl/α,β-unsaturated/α-hetero) is 1. The first-order chi connectivity index (χ1) is 13.7. The van der Waals surface area contributed by atoms with E-state index in [4.69, 9.17) is 0 Å². The van der Waals surface area contributed by atoms with Crippen LogP contribution >= 0.6 is 0 Å². The van der Waals surface area contributed by atoms with Crippen LogP contribution in [0, 0.1) is 11.8 Å². The van der Waals surface area contributed by atoms with Crippen LogP contribution < -0.4 is 5.32 Å². The molecule has 0 bridgehead atoms. The summed E-state index contributed by atoms with van der Waals surface area (Å²) in [6.45, 7) is 0. The minimum Gasteiger partial charge on any atom is -0.321 e. The Balaban J connectivity index is 1.62. The number of amides is 1. The molecule has 1 N–H and O–H groups in total. The molecular formula is C24H16N2O2. The Bertz CT molecular complexity index is 1140. The lowest BCUT2D eigenvalue weighted by atomic mass is 9.94. The maximum Gasteiger partial charge on any atom is 0.259 e. The lowest BCUT2D eigenvalue weighted by molar-refractivity contribution is -0.112. The number of hydrogen-bond donors (Lipinski definition) is 1. The van der Waals surface area contributed by atoms with Gasteiger partial charge in [0.2, 0.25) is 5.78 Å². The van der Waals surface area contributed by atoms with E-state index in [2.05, 4.69) is 22.1 Å². The number of nitrogens with zero attached hydrogens (tertiary/aromatic N) is 1. The second-order valence-electron chi connectivity index (χ2n) is 6.35. The Morgan fingerprint density at radius 3 is 2.54 bits per heavy atom. The zero-order chi connectivity index (χ0) is 19.3. The summed E-state index contributed by atoms with van der Waals surface area (Å²) in [6.07, 6.45) is 5.68. The number of rotatable bonds is 2. The van der Waals surface area contributed by atoms with Crippen LogP contribution in [0.4, 0.5) is 5.69 Å². The van der Waals surface area contributed by atoms with Gasteiger partial charge in [0.15, 0.2) is 0 Å². The first kappa shape index (κ1) is 17.4. The van der Waals surface area contributed by atoms with Gasteiger partial charge in [-0.15, -0.1) is 0 Å². The molecule has 1 aliphatic heterocycles. The molecule has 2 aromatic carbocycles. The molecular weight excluding hydrogens is 348 g/mol. The fourth-order valence-corrected chi connectivity index (χ4v) is 2.95. The Hall–Kier alpha value is -3.97. The molecule has 3 aromatic rings. The molecule has 0 saturated carbocycles. The first-order valence-electron chi connectivity index (χ1n) is 8.85. The summed E-state index contributed by atoms with van der Waals surface area (Å²) >= 11 is 0. The molecule has 0 saturated heterocycles. The fourth-order valence-electron chi connectivity index (χ4n) is 2.95. The predicted molar refractivity (Wildman–Crippen MR) is 109 cm³/mol. The lowest BCUT2D eigenvalue weighted by Crippen LogP contribution is -2.27. The number of pyridine rings is 1. The van der Waals surface area contributed by atoms with E-state index >= 15 is 0 Å². The predicted octanol–water partition coefficient (Wildman–Crippen LogP) is 3.89. The molecule has 4 rings (SSSR count).